The fourth-order valence-electron chi connectivity index (χ4n) is 2.88. The third-order valence-corrected chi connectivity index (χ3v) is 4.80. The average molecular weight is 461 g/mol. The van der Waals surface area contributed by atoms with Crippen LogP contribution in [0.25, 0.3) is 6.08 Å². The van der Waals surface area contributed by atoms with E-state index in [0.29, 0.717) is 34.2 Å². The van der Waals surface area contributed by atoms with Crippen LogP contribution in [-0.4, -0.2) is 18.5 Å². The summed E-state index contributed by atoms with van der Waals surface area (Å²) in [5.74, 6) is -0.483. The summed E-state index contributed by atoms with van der Waals surface area (Å²) < 4.78 is 10.8. The van der Waals surface area contributed by atoms with Crippen LogP contribution in [-0.2, 0) is 16.1 Å². The number of nitriles is 1. The lowest BCUT2D eigenvalue weighted by atomic mass is 10.1. The van der Waals surface area contributed by atoms with Gasteiger partial charge in [-0.1, -0.05) is 41.9 Å². The molecule has 7 heteroatoms. The number of benzene rings is 3. The highest BCUT2D eigenvalue weighted by atomic mass is 35.5. The van der Waals surface area contributed by atoms with Crippen molar-refractivity contribution in [3.05, 3.63) is 100 Å². The quantitative estimate of drug-likeness (QED) is 0.267. The van der Waals surface area contributed by atoms with Crippen molar-refractivity contribution in [2.75, 3.05) is 11.9 Å². The van der Waals surface area contributed by atoms with Crippen LogP contribution in [0, 0.1) is 11.3 Å². The fourth-order valence-corrected chi connectivity index (χ4v) is 3.01. The maximum absolute atomic E-state index is 12.6. The molecule has 0 aromatic heterocycles. The Morgan fingerprint density at radius 2 is 1.73 bits per heavy atom. The number of hydrogen-bond acceptors (Lipinski definition) is 5. The Hall–Kier alpha value is -4.08. The SMILES string of the molecule is CCOC(=O)c1ccc(NC(=O)/C(C#N)=C/c2ccccc2OCc2ccc(Cl)cc2)cc1. The Kier molecular flexibility index (Phi) is 8.23. The van der Waals surface area contributed by atoms with Gasteiger partial charge in [0.1, 0.15) is 24.0 Å². The van der Waals surface area contributed by atoms with E-state index in [0.717, 1.165) is 5.56 Å². The lowest BCUT2D eigenvalue weighted by Gasteiger charge is -2.10. The molecule has 33 heavy (non-hydrogen) atoms. The number of carbonyl (C=O) groups is 2. The van der Waals surface area contributed by atoms with Gasteiger partial charge in [-0.25, -0.2) is 4.79 Å². The van der Waals surface area contributed by atoms with Crippen LogP contribution in [0.1, 0.15) is 28.4 Å². The zero-order valence-electron chi connectivity index (χ0n) is 17.9. The first-order valence-corrected chi connectivity index (χ1v) is 10.5. The molecule has 0 bridgehead atoms. The van der Waals surface area contributed by atoms with Gasteiger partial charge in [-0.15, -0.1) is 0 Å². The molecule has 0 fully saturated rings. The van der Waals surface area contributed by atoms with Gasteiger partial charge in [-0.2, -0.15) is 5.26 Å². The van der Waals surface area contributed by atoms with E-state index < -0.39 is 11.9 Å². The first kappa shape index (κ1) is 23.6. The third-order valence-electron chi connectivity index (χ3n) is 4.55. The summed E-state index contributed by atoms with van der Waals surface area (Å²) in [4.78, 5) is 24.4. The second-order valence-corrected chi connectivity index (χ2v) is 7.31. The molecule has 0 spiro atoms. The smallest absolute Gasteiger partial charge is 0.338 e. The minimum absolute atomic E-state index is 0.0907. The number of nitrogens with zero attached hydrogens (tertiary/aromatic N) is 1. The molecule has 0 atom stereocenters. The Bertz CT molecular complexity index is 1200. The third kappa shape index (κ3) is 6.70. The molecule has 0 radical (unpaired) electrons. The van der Waals surface area contributed by atoms with Crippen LogP contribution >= 0.6 is 11.6 Å². The Balaban J connectivity index is 1.72. The van der Waals surface area contributed by atoms with Gasteiger partial charge in [-0.05, 0) is 61.0 Å². The molecule has 0 heterocycles. The van der Waals surface area contributed by atoms with Gasteiger partial charge in [0.25, 0.3) is 5.91 Å². The topological polar surface area (TPSA) is 88.4 Å². The second kappa shape index (κ2) is 11.5. The van der Waals surface area contributed by atoms with E-state index in [4.69, 9.17) is 21.1 Å². The zero-order valence-corrected chi connectivity index (χ0v) is 18.6. The molecular weight excluding hydrogens is 440 g/mol. The number of esters is 1. The number of amides is 1. The first-order valence-electron chi connectivity index (χ1n) is 10.2. The van der Waals surface area contributed by atoms with Gasteiger partial charge in [0.15, 0.2) is 0 Å². The lowest BCUT2D eigenvalue weighted by Crippen LogP contribution is -2.13. The molecule has 0 unspecified atom stereocenters. The van der Waals surface area contributed by atoms with E-state index in [9.17, 15) is 14.9 Å². The summed E-state index contributed by atoms with van der Waals surface area (Å²) in [5, 5.41) is 12.8. The molecule has 3 aromatic carbocycles. The molecule has 3 rings (SSSR count). The minimum Gasteiger partial charge on any atom is -0.488 e. The normalized spacial score (nSPS) is 10.8. The fraction of sp³-hybridized carbons (Fsp3) is 0.115. The Morgan fingerprint density at radius 3 is 2.39 bits per heavy atom. The van der Waals surface area contributed by atoms with E-state index in [1.807, 2.05) is 24.3 Å². The van der Waals surface area contributed by atoms with E-state index in [2.05, 4.69) is 5.32 Å². The molecule has 0 aliphatic heterocycles. The van der Waals surface area contributed by atoms with Crippen molar-refractivity contribution >= 4 is 35.2 Å². The van der Waals surface area contributed by atoms with Gasteiger partial charge in [0.05, 0.1) is 12.2 Å². The summed E-state index contributed by atoms with van der Waals surface area (Å²) in [7, 11) is 0. The summed E-state index contributed by atoms with van der Waals surface area (Å²) in [6, 6.07) is 22.6. The lowest BCUT2D eigenvalue weighted by molar-refractivity contribution is -0.112. The van der Waals surface area contributed by atoms with Crippen molar-refractivity contribution in [1.29, 1.82) is 5.26 Å². The summed E-state index contributed by atoms with van der Waals surface area (Å²) in [6.45, 7) is 2.31. The molecule has 0 aliphatic rings. The molecule has 6 nitrogen and oxygen atoms in total. The van der Waals surface area contributed by atoms with Crippen molar-refractivity contribution < 1.29 is 19.1 Å². The maximum Gasteiger partial charge on any atom is 0.338 e. The molecule has 0 saturated carbocycles. The van der Waals surface area contributed by atoms with Gasteiger partial charge < -0.3 is 14.8 Å². The zero-order chi connectivity index (χ0) is 23.6. The summed E-state index contributed by atoms with van der Waals surface area (Å²) in [5.41, 5.74) is 2.25. The van der Waals surface area contributed by atoms with E-state index in [1.54, 1.807) is 61.5 Å². The molecular formula is C26H21ClN2O4. The van der Waals surface area contributed by atoms with Crippen LogP contribution in [0.3, 0.4) is 0 Å². The predicted molar refractivity (Wildman–Crippen MR) is 127 cm³/mol. The van der Waals surface area contributed by atoms with Crippen LogP contribution in [0.15, 0.2) is 78.4 Å². The van der Waals surface area contributed by atoms with Crippen LogP contribution in [0.5, 0.6) is 5.75 Å². The van der Waals surface area contributed by atoms with Gasteiger partial charge in [-0.3, -0.25) is 4.79 Å². The van der Waals surface area contributed by atoms with Crippen molar-refractivity contribution in [2.24, 2.45) is 0 Å². The number of nitrogens with one attached hydrogen (secondary N) is 1. The Labute approximate surface area is 197 Å². The largest absolute Gasteiger partial charge is 0.488 e. The minimum atomic E-state index is -0.575. The summed E-state index contributed by atoms with van der Waals surface area (Å²) in [6.07, 6.45) is 1.47. The number of ether oxygens (including phenoxy) is 2. The van der Waals surface area contributed by atoms with Crippen LogP contribution in [0.2, 0.25) is 5.02 Å². The highest BCUT2D eigenvalue weighted by Gasteiger charge is 2.12. The monoisotopic (exact) mass is 460 g/mol. The van der Waals surface area contributed by atoms with E-state index in [1.165, 1.54) is 6.08 Å². The van der Waals surface area contributed by atoms with Gasteiger partial charge in [0.2, 0.25) is 0 Å². The maximum atomic E-state index is 12.6. The van der Waals surface area contributed by atoms with Crippen LogP contribution in [0.4, 0.5) is 5.69 Å². The van der Waals surface area contributed by atoms with Crippen molar-refractivity contribution in [3.8, 4) is 11.8 Å². The number of para-hydroxylation sites is 1. The van der Waals surface area contributed by atoms with Gasteiger partial charge >= 0.3 is 5.97 Å². The molecule has 3 aromatic rings. The molecule has 0 aliphatic carbocycles. The predicted octanol–water partition coefficient (Wildman–Crippen LogP) is 5.64. The second-order valence-electron chi connectivity index (χ2n) is 6.87. The number of hydrogen-bond donors (Lipinski definition) is 1. The molecule has 166 valence electrons. The standard InChI is InChI=1S/C26H21ClN2O4/c1-2-32-26(31)19-9-13-23(14-10-19)29-25(30)21(16-28)15-20-5-3-4-6-24(20)33-17-18-7-11-22(27)12-8-18/h3-15H,2,17H2,1H3,(H,29,30)/b21-15+. The highest BCUT2D eigenvalue weighted by Crippen LogP contribution is 2.23. The summed E-state index contributed by atoms with van der Waals surface area (Å²) >= 11 is 5.91. The Morgan fingerprint density at radius 1 is 1.03 bits per heavy atom. The first-order chi connectivity index (χ1) is 16.0. The number of anilines is 1. The van der Waals surface area contributed by atoms with E-state index in [-0.39, 0.29) is 12.2 Å². The number of rotatable bonds is 8. The number of carbonyl (C=O) groups excluding carboxylic acids is 2. The van der Waals surface area contributed by atoms with E-state index >= 15 is 0 Å². The molecule has 1 amide bonds. The highest BCUT2D eigenvalue weighted by molar-refractivity contribution is 6.30. The van der Waals surface area contributed by atoms with Gasteiger partial charge in [0, 0.05) is 16.3 Å². The molecule has 0 saturated heterocycles. The van der Waals surface area contributed by atoms with Crippen molar-refractivity contribution in [3.63, 3.8) is 0 Å². The van der Waals surface area contributed by atoms with Crippen LogP contribution < -0.4 is 10.1 Å². The number of halogens is 1. The average Bonchev–Trinajstić information content (AvgIpc) is 2.83. The van der Waals surface area contributed by atoms with Crippen molar-refractivity contribution in [2.45, 2.75) is 13.5 Å². The molecule has 1 N–H and O–H groups in total. The van der Waals surface area contributed by atoms with Crippen molar-refractivity contribution in [1.82, 2.24) is 0 Å².